The Kier molecular flexibility index (Phi) is 4.06. The molecule has 1 fully saturated rings. The molecule has 0 radical (unpaired) electrons. The van der Waals surface area contributed by atoms with E-state index in [-0.39, 0.29) is 5.91 Å². The number of benzene rings is 1. The number of rotatable bonds is 3. The minimum absolute atomic E-state index is 0.0884. The normalized spacial score (nSPS) is 25.2. The topological polar surface area (TPSA) is 41.1 Å². The number of fused-ring (bicyclic) bond motifs is 1. The second-order valence-electron chi connectivity index (χ2n) is 6.28. The Morgan fingerprint density at radius 2 is 2.20 bits per heavy atom. The number of hydrogen-bond acceptors (Lipinski definition) is 2. The van der Waals surface area contributed by atoms with Crippen molar-refractivity contribution in [2.24, 2.45) is 11.8 Å². The van der Waals surface area contributed by atoms with E-state index in [1.807, 2.05) is 6.07 Å². The van der Waals surface area contributed by atoms with Gasteiger partial charge in [0.15, 0.2) is 0 Å². The van der Waals surface area contributed by atoms with Crippen LogP contribution in [0.25, 0.3) is 0 Å². The molecule has 20 heavy (non-hydrogen) atoms. The summed E-state index contributed by atoms with van der Waals surface area (Å²) in [6, 6.07) is 6.19. The Morgan fingerprint density at radius 3 is 3.05 bits per heavy atom. The molecular weight excluding hydrogens is 248 g/mol. The Balaban J connectivity index is 1.59. The lowest BCUT2D eigenvalue weighted by atomic mass is 9.88. The largest absolute Gasteiger partial charge is 0.352 e. The van der Waals surface area contributed by atoms with E-state index in [9.17, 15) is 4.79 Å². The lowest BCUT2D eigenvalue weighted by Gasteiger charge is -2.29. The van der Waals surface area contributed by atoms with Crippen LogP contribution in [0.5, 0.6) is 0 Å². The molecular formula is C17H24N2O. The zero-order chi connectivity index (χ0) is 13.9. The van der Waals surface area contributed by atoms with Gasteiger partial charge in [0.05, 0.1) is 0 Å². The highest BCUT2D eigenvalue weighted by Gasteiger charge is 2.22. The molecule has 0 bridgehead atoms. The molecule has 3 heteroatoms. The van der Waals surface area contributed by atoms with E-state index >= 15 is 0 Å². The fraction of sp³-hybridized carbons (Fsp3) is 0.588. The van der Waals surface area contributed by atoms with Crippen molar-refractivity contribution in [1.29, 1.82) is 0 Å². The summed E-state index contributed by atoms with van der Waals surface area (Å²) in [4.78, 5) is 12.3. The van der Waals surface area contributed by atoms with Crippen LogP contribution in [-0.2, 0) is 12.8 Å². The quantitative estimate of drug-likeness (QED) is 0.885. The van der Waals surface area contributed by atoms with Gasteiger partial charge in [-0.3, -0.25) is 4.79 Å². The Labute approximate surface area is 121 Å². The van der Waals surface area contributed by atoms with Crippen LogP contribution in [0.1, 0.15) is 41.3 Å². The Morgan fingerprint density at radius 1 is 1.35 bits per heavy atom. The third kappa shape index (κ3) is 2.88. The van der Waals surface area contributed by atoms with Crippen LogP contribution in [0.3, 0.4) is 0 Å². The van der Waals surface area contributed by atoms with E-state index in [0.29, 0.717) is 11.8 Å². The van der Waals surface area contributed by atoms with Crippen LogP contribution in [0, 0.1) is 11.8 Å². The molecule has 0 saturated carbocycles. The van der Waals surface area contributed by atoms with E-state index in [1.54, 1.807) is 0 Å². The highest BCUT2D eigenvalue weighted by atomic mass is 16.1. The minimum Gasteiger partial charge on any atom is -0.352 e. The van der Waals surface area contributed by atoms with Crippen LogP contribution < -0.4 is 10.6 Å². The van der Waals surface area contributed by atoms with Gasteiger partial charge in [-0.05, 0) is 73.9 Å². The van der Waals surface area contributed by atoms with E-state index < -0.39 is 0 Å². The SMILES string of the molecule is CC1CNCCC1CNC(=O)c1ccc2c(c1)CCC2. The number of amides is 1. The first-order valence-corrected chi connectivity index (χ1v) is 7.85. The second-order valence-corrected chi connectivity index (χ2v) is 6.28. The van der Waals surface area contributed by atoms with E-state index in [2.05, 4.69) is 29.7 Å². The molecule has 1 saturated heterocycles. The van der Waals surface area contributed by atoms with Crippen molar-refractivity contribution in [2.75, 3.05) is 19.6 Å². The fourth-order valence-electron chi connectivity index (χ4n) is 3.41. The summed E-state index contributed by atoms with van der Waals surface area (Å²) < 4.78 is 0. The van der Waals surface area contributed by atoms with E-state index in [4.69, 9.17) is 0 Å². The van der Waals surface area contributed by atoms with Gasteiger partial charge in [0.25, 0.3) is 5.91 Å². The molecule has 1 aliphatic carbocycles. The van der Waals surface area contributed by atoms with Crippen molar-refractivity contribution < 1.29 is 4.79 Å². The lowest BCUT2D eigenvalue weighted by molar-refractivity contribution is 0.0938. The third-order valence-corrected chi connectivity index (χ3v) is 4.85. The zero-order valence-electron chi connectivity index (χ0n) is 12.2. The zero-order valence-corrected chi connectivity index (χ0v) is 12.2. The summed E-state index contributed by atoms with van der Waals surface area (Å²) in [7, 11) is 0. The monoisotopic (exact) mass is 272 g/mol. The summed E-state index contributed by atoms with van der Waals surface area (Å²) in [5, 5.41) is 6.52. The first-order chi connectivity index (χ1) is 9.74. The van der Waals surface area contributed by atoms with Gasteiger partial charge in [-0.15, -0.1) is 0 Å². The number of nitrogens with one attached hydrogen (secondary N) is 2. The van der Waals surface area contributed by atoms with Crippen molar-refractivity contribution in [3.63, 3.8) is 0 Å². The van der Waals surface area contributed by atoms with Gasteiger partial charge in [-0.25, -0.2) is 0 Å². The molecule has 3 nitrogen and oxygen atoms in total. The first kappa shape index (κ1) is 13.6. The third-order valence-electron chi connectivity index (χ3n) is 4.85. The molecule has 2 unspecified atom stereocenters. The molecule has 1 heterocycles. The second kappa shape index (κ2) is 5.96. The molecule has 1 aliphatic heterocycles. The van der Waals surface area contributed by atoms with Gasteiger partial charge in [0, 0.05) is 12.1 Å². The summed E-state index contributed by atoms with van der Waals surface area (Å²) in [5.41, 5.74) is 3.62. The Hall–Kier alpha value is -1.35. The molecule has 0 aromatic heterocycles. The average Bonchev–Trinajstić information content (AvgIpc) is 2.93. The molecule has 2 atom stereocenters. The molecule has 0 spiro atoms. The molecule has 1 aromatic carbocycles. The van der Waals surface area contributed by atoms with Crippen LogP contribution in [0.15, 0.2) is 18.2 Å². The van der Waals surface area contributed by atoms with E-state index in [1.165, 1.54) is 24.0 Å². The molecule has 1 aromatic rings. The van der Waals surface area contributed by atoms with Gasteiger partial charge in [0.1, 0.15) is 0 Å². The maximum absolute atomic E-state index is 12.3. The van der Waals surface area contributed by atoms with Crippen LogP contribution in [-0.4, -0.2) is 25.5 Å². The molecule has 108 valence electrons. The molecule has 3 rings (SSSR count). The fourth-order valence-corrected chi connectivity index (χ4v) is 3.41. The maximum Gasteiger partial charge on any atom is 0.251 e. The molecule has 2 aliphatic rings. The summed E-state index contributed by atoms with van der Waals surface area (Å²) in [5.74, 6) is 1.34. The van der Waals surface area contributed by atoms with Gasteiger partial charge in [-0.1, -0.05) is 13.0 Å². The van der Waals surface area contributed by atoms with Gasteiger partial charge in [0.2, 0.25) is 0 Å². The van der Waals surface area contributed by atoms with Crippen molar-refractivity contribution in [3.8, 4) is 0 Å². The number of hydrogen-bond donors (Lipinski definition) is 2. The average molecular weight is 272 g/mol. The molecule has 1 amide bonds. The predicted octanol–water partition coefficient (Wildman–Crippen LogP) is 2.15. The van der Waals surface area contributed by atoms with E-state index in [0.717, 1.165) is 38.0 Å². The molecule has 2 N–H and O–H groups in total. The Bertz CT molecular complexity index is 498. The van der Waals surface area contributed by atoms with Gasteiger partial charge < -0.3 is 10.6 Å². The van der Waals surface area contributed by atoms with Crippen LogP contribution in [0.2, 0.25) is 0 Å². The highest BCUT2D eigenvalue weighted by Crippen LogP contribution is 2.23. The van der Waals surface area contributed by atoms with Crippen molar-refractivity contribution in [2.45, 2.75) is 32.6 Å². The maximum atomic E-state index is 12.3. The first-order valence-electron chi connectivity index (χ1n) is 7.85. The standard InChI is InChI=1S/C17H24N2O/c1-12-10-18-8-7-16(12)11-19-17(20)15-6-5-13-3-2-4-14(13)9-15/h5-6,9,12,16,18H,2-4,7-8,10-11H2,1H3,(H,19,20). The highest BCUT2D eigenvalue weighted by molar-refractivity contribution is 5.94. The van der Waals surface area contributed by atoms with Gasteiger partial charge in [-0.2, -0.15) is 0 Å². The van der Waals surface area contributed by atoms with Crippen molar-refractivity contribution in [3.05, 3.63) is 34.9 Å². The summed E-state index contributed by atoms with van der Waals surface area (Å²) in [6.07, 6.45) is 4.68. The smallest absolute Gasteiger partial charge is 0.251 e. The number of aryl methyl sites for hydroxylation is 2. The predicted molar refractivity (Wildman–Crippen MR) is 80.9 cm³/mol. The van der Waals surface area contributed by atoms with Crippen LogP contribution >= 0.6 is 0 Å². The number of carbonyl (C=O) groups is 1. The van der Waals surface area contributed by atoms with Crippen LogP contribution in [0.4, 0.5) is 0 Å². The van der Waals surface area contributed by atoms with Crippen molar-refractivity contribution in [1.82, 2.24) is 10.6 Å². The van der Waals surface area contributed by atoms with Gasteiger partial charge >= 0.3 is 0 Å². The number of piperidine rings is 1. The summed E-state index contributed by atoms with van der Waals surface area (Å²) in [6.45, 7) is 5.21. The number of carbonyl (C=O) groups excluding carboxylic acids is 1. The summed E-state index contributed by atoms with van der Waals surface area (Å²) >= 11 is 0. The minimum atomic E-state index is 0.0884. The van der Waals surface area contributed by atoms with Crippen molar-refractivity contribution >= 4 is 5.91 Å². The lowest BCUT2D eigenvalue weighted by Crippen LogP contribution is -2.41.